The predicted molar refractivity (Wildman–Crippen MR) is 115 cm³/mol. The Kier molecular flexibility index (Phi) is 5.94. The van der Waals surface area contributed by atoms with Gasteiger partial charge < -0.3 is 19.7 Å². The summed E-state index contributed by atoms with van der Waals surface area (Å²) in [4.78, 5) is 43.2. The van der Waals surface area contributed by atoms with Gasteiger partial charge >= 0.3 is 5.97 Å². The Morgan fingerprint density at radius 2 is 1.87 bits per heavy atom. The van der Waals surface area contributed by atoms with Gasteiger partial charge in [-0.05, 0) is 42.5 Å². The molecule has 2 aromatic carbocycles. The normalized spacial score (nSPS) is 13.8. The third-order valence-electron chi connectivity index (χ3n) is 5.09. The number of hydrogen-bond acceptors (Lipinski definition) is 7. The van der Waals surface area contributed by atoms with Crippen LogP contribution in [0.1, 0.15) is 10.4 Å². The second-order valence-electron chi connectivity index (χ2n) is 7.10. The summed E-state index contributed by atoms with van der Waals surface area (Å²) in [6.07, 6.45) is 1.30. The molecule has 2 heterocycles. The van der Waals surface area contributed by atoms with Crippen LogP contribution in [0, 0.1) is 0 Å². The number of nitrogens with zero attached hydrogens (tertiary/aromatic N) is 3. The molecule has 0 spiro atoms. The van der Waals surface area contributed by atoms with Crippen molar-refractivity contribution in [2.24, 2.45) is 0 Å². The Morgan fingerprint density at radius 3 is 2.58 bits per heavy atom. The van der Waals surface area contributed by atoms with E-state index in [1.165, 1.54) is 36.2 Å². The maximum absolute atomic E-state index is 12.7. The van der Waals surface area contributed by atoms with Crippen molar-refractivity contribution in [2.45, 2.75) is 6.54 Å². The molecule has 0 saturated carbocycles. The zero-order valence-corrected chi connectivity index (χ0v) is 17.0. The number of hydrogen-bond donors (Lipinski definition) is 1. The summed E-state index contributed by atoms with van der Waals surface area (Å²) in [6, 6.07) is 12.1. The largest absolute Gasteiger partial charge is 0.465 e. The molecule has 0 aliphatic carbocycles. The number of fused-ring (bicyclic) bond motifs is 1. The lowest BCUT2D eigenvalue weighted by Gasteiger charge is -2.28. The quantitative estimate of drug-likeness (QED) is 0.624. The van der Waals surface area contributed by atoms with E-state index in [2.05, 4.69) is 19.9 Å². The Bertz CT molecular complexity index is 1170. The molecule has 0 atom stereocenters. The maximum atomic E-state index is 12.7. The Hall–Kier alpha value is -3.72. The minimum atomic E-state index is -0.508. The smallest absolute Gasteiger partial charge is 0.337 e. The van der Waals surface area contributed by atoms with Crippen molar-refractivity contribution in [3.63, 3.8) is 0 Å². The van der Waals surface area contributed by atoms with E-state index in [0.717, 1.165) is 18.8 Å². The van der Waals surface area contributed by atoms with E-state index < -0.39 is 5.97 Å². The standard InChI is InChI=1S/C22H22N4O5/c1-30-22(29)15-2-7-18-19(12-15)23-14-26(21(18)28)13-20(27)24-16-3-5-17(6-4-16)25-8-10-31-11-9-25/h2-7,12,14H,8-11,13H2,1H3,(H,24,27). The van der Waals surface area contributed by atoms with Crippen molar-refractivity contribution in [3.05, 3.63) is 64.7 Å². The number of ether oxygens (including phenoxy) is 2. The molecule has 31 heavy (non-hydrogen) atoms. The van der Waals surface area contributed by atoms with Gasteiger partial charge in [0.05, 0.1) is 43.1 Å². The molecule has 1 aromatic heterocycles. The number of amides is 1. The molecule has 1 aliphatic rings. The van der Waals surface area contributed by atoms with Crippen LogP contribution in [0.15, 0.2) is 53.6 Å². The van der Waals surface area contributed by atoms with E-state index in [4.69, 9.17) is 4.74 Å². The third kappa shape index (κ3) is 4.56. The van der Waals surface area contributed by atoms with E-state index in [1.54, 1.807) is 0 Å². The highest BCUT2D eigenvalue weighted by atomic mass is 16.5. The van der Waals surface area contributed by atoms with Gasteiger partial charge in [0.2, 0.25) is 5.91 Å². The lowest BCUT2D eigenvalue weighted by Crippen LogP contribution is -2.36. The van der Waals surface area contributed by atoms with Crippen LogP contribution in [0.25, 0.3) is 10.9 Å². The molecule has 1 N–H and O–H groups in total. The maximum Gasteiger partial charge on any atom is 0.337 e. The lowest BCUT2D eigenvalue weighted by atomic mass is 10.1. The topological polar surface area (TPSA) is 103 Å². The van der Waals surface area contributed by atoms with Gasteiger partial charge in [-0.25, -0.2) is 9.78 Å². The van der Waals surface area contributed by atoms with Gasteiger partial charge in [0.1, 0.15) is 6.54 Å². The summed E-state index contributed by atoms with van der Waals surface area (Å²) < 4.78 is 11.3. The van der Waals surface area contributed by atoms with Crippen molar-refractivity contribution >= 4 is 34.2 Å². The van der Waals surface area contributed by atoms with Crippen molar-refractivity contribution in [1.82, 2.24) is 9.55 Å². The Morgan fingerprint density at radius 1 is 1.13 bits per heavy atom. The van der Waals surface area contributed by atoms with Crippen LogP contribution in [0.3, 0.4) is 0 Å². The van der Waals surface area contributed by atoms with Crippen molar-refractivity contribution in [2.75, 3.05) is 43.6 Å². The van der Waals surface area contributed by atoms with Crippen LogP contribution in [0.5, 0.6) is 0 Å². The summed E-state index contributed by atoms with van der Waals surface area (Å²) in [5.74, 6) is -0.847. The van der Waals surface area contributed by atoms with Gasteiger partial charge in [-0.1, -0.05) is 0 Å². The summed E-state index contributed by atoms with van der Waals surface area (Å²) in [5.41, 5.74) is 2.02. The van der Waals surface area contributed by atoms with E-state index >= 15 is 0 Å². The van der Waals surface area contributed by atoms with Gasteiger partial charge in [0.25, 0.3) is 5.56 Å². The number of rotatable bonds is 5. The first-order valence-electron chi connectivity index (χ1n) is 9.85. The first kappa shape index (κ1) is 20.5. The zero-order valence-electron chi connectivity index (χ0n) is 17.0. The van der Waals surface area contributed by atoms with E-state index in [9.17, 15) is 14.4 Å². The molecule has 4 rings (SSSR count). The number of methoxy groups -OCH3 is 1. The summed E-state index contributed by atoms with van der Waals surface area (Å²) in [5, 5.41) is 3.11. The van der Waals surface area contributed by atoms with Crippen molar-refractivity contribution in [3.8, 4) is 0 Å². The first-order valence-corrected chi connectivity index (χ1v) is 9.85. The number of anilines is 2. The molecule has 1 fully saturated rings. The fourth-order valence-electron chi connectivity index (χ4n) is 3.45. The van der Waals surface area contributed by atoms with Crippen LogP contribution in [-0.2, 0) is 20.8 Å². The average molecular weight is 422 g/mol. The molecule has 3 aromatic rings. The van der Waals surface area contributed by atoms with Gasteiger partial charge in [-0.2, -0.15) is 0 Å². The highest BCUT2D eigenvalue weighted by Crippen LogP contribution is 2.19. The molecule has 1 aliphatic heterocycles. The molecular formula is C22H22N4O5. The third-order valence-corrected chi connectivity index (χ3v) is 5.09. The number of carbonyl (C=O) groups excluding carboxylic acids is 2. The van der Waals surface area contributed by atoms with E-state index in [0.29, 0.717) is 35.4 Å². The lowest BCUT2D eigenvalue weighted by molar-refractivity contribution is -0.116. The van der Waals surface area contributed by atoms with E-state index in [1.807, 2.05) is 24.3 Å². The van der Waals surface area contributed by atoms with Crippen LogP contribution in [0.4, 0.5) is 11.4 Å². The molecule has 160 valence electrons. The Balaban J connectivity index is 1.45. The van der Waals surface area contributed by atoms with Crippen molar-refractivity contribution < 1.29 is 19.1 Å². The zero-order chi connectivity index (χ0) is 21.8. The number of morpholine rings is 1. The minimum absolute atomic E-state index is 0.175. The van der Waals surface area contributed by atoms with Crippen molar-refractivity contribution in [1.29, 1.82) is 0 Å². The number of aromatic nitrogens is 2. The fourth-order valence-corrected chi connectivity index (χ4v) is 3.45. The van der Waals surface area contributed by atoms with Crippen LogP contribution >= 0.6 is 0 Å². The molecule has 1 saturated heterocycles. The fraction of sp³-hybridized carbons (Fsp3) is 0.273. The SMILES string of the molecule is COC(=O)c1ccc2c(=O)n(CC(=O)Nc3ccc(N4CCOCC4)cc3)cnc2c1. The number of carbonyl (C=O) groups is 2. The Labute approximate surface area is 178 Å². The molecule has 0 bridgehead atoms. The molecule has 0 radical (unpaired) electrons. The van der Waals surface area contributed by atoms with E-state index in [-0.39, 0.29) is 18.0 Å². The molecule has 0 unspecified atom stereocenters. The monoisotopic (exact) mass is 422 g/mol. The number of nitrogens with one attached hydrogen (secondary N) is 1. The molecule has 9 nitrogen and oxygen atoms in total. The van der Waals surface area contributed by atoms with Gasteiger partial charge in [0.15, 0.2) is 0 Å². The second-order valence-corrected chi connectivity index (χ2v) is 7.10. The number of benzene rings is 2. The van der Waals surface area contributed by atoms with Crippen LogP contribution in [-0.4, -0.2) is 54.8 Å². The minimum Gasteiger partial charge on any atom is -0.465 e. The summed E-state index contributed by atoms with van der Waals surface area (Å²) in [7, 11) is 1.28. The highest BCUT2D eigenvalue weighted by molar-refractivity contribution is 5.94. The van der Waals surface area contributed by atoms with Gasteiger partial charge in [-0.15, -0.1) is 0 Å². The highest BCUT2D eigenvalue weighted by Gasteiger charge is 2.13. The second kappa shape index (κ2) is 8.97. The van der Waals surface area contributed by atoms with Crippen LogP contribution in [0.2, 0.25) is 0 Å². The molecule has 1 amide bonds. The molecule has 9 heteroatoms. The molecular weight excluding hydrogens is 400 g/mol. The van der Waals surface area contributed by atoms with Gasteiger partial charge in [-0.3, -0.25) is 14.2 Å². The average Bonchev–Trinajstić information content (AvgIpc) is 2.81. The van der Waals surface area contributed by atoms with Gasteiger partial charge in [0, 0.05) is 24.5 Å². The van der Waals surface area contributed by atoms with Crippen LogP contribution < -0.4 is 15.8 Å². The predicted octanol–water partition coefficient (Wildman–Crippen LogP) is 1.66. The first-order chi connectivity index (χ1) is 15.0. The number of esters is 1. The summed E-state index contributed by atoms with van der Waals surface area (Å²) >= 11 is 0. The summed E-state index contributed by atoms with van der Waals surface area (Å²) in [6.45, 7) is 2.91.